The van der Waals surface area contributed by atoms with E-state index in [1.807, 2.05) is 49.4 Å². The van der Waals surface area contributed by atoms with Crippen LogP contribution in [0.3, 0.4) is 0 Å². The maximum absolute atomic E-state index is 12.4. The predicted octanol–water partition coefficient (Wildman–Crippen LogP) is 4.77. The van der Waals surface area contributed by atoms with Crippen LogP contribution in [0.25, 0.3) is 5.69 Å². The Labute approximate surface area is 202 Å². The SMILES string of the molecule is Cc1ccc(-n2cnnc2SCC(=O)NCc2cccc(NC(=O)C3CCCC3)c2)cc1Cl. The van der Waals surface area contributed by atoms with Gasteiger partial charge in [-0.3, -0.25) is 14.2 Å². The molecule has 0 unspecified atom stereocenters. The van der Waals surface area contributed by atoms with Gasteiger partial charge in [0.1, 0.15) is 6.33 Å². The number of benzene rings is 2. The predicted molar refractivity (Wildman–Crippen MR) is 131 cm³/mol. The second kappa shape index (κ2) is 10.9. The Kier molecular flexibility index (Phi) is 7.67. The summed E-state index contributed by atoms with van der Waals surface area (Å²) >= 11 is 7.54. The highest BCUT2D eigenvalue weighted by atomic mass is 35.5. The Morgan fingerprint density at radius 2 is 2.00 bits per heavy atom. The fraction of sp³-hybridized carbons (Fsp3) is 0.333. The summed E-state index contributed by atoms with van der Waals surface area (Å²) in [6.45, 7) is 2.32. The van der Waals surface area contributed by atoms with E-state index >= 15 is 0 Å². The molecule has 3 aromatic rings. The molecular formula is C24H26ClN5O2S. The van der Waals surface area contributed by atoms with Gasteiger partial charge in [-0.15, -0.1) is 10.2 Å². The van der Waals surface area contributed by atoms with E-state index in [2.05, 4.69) is 20.8 Å². The van der Waals surface area contributed by atoms with Crippen molar-refractivity contribution in [1.82, 2.24) is 20.1 Å². The number of rotatable bonds is 8. The molecule has 7 nitrogen and oxygen atoms in total. The lowest BCUT2D eigenvalue weighted by atomic mass is 10.1. The van der Waals surface area contributed by atoms with Crippen LogP contribution >= 0.6 is 23.4 Å². The minimum atomic E-state index is -0.114. The molecule has 0 atom stereocenters. The number of carbonyl (C=O) groups excluding carboxylic acids is 2. The lowest BCUT2D eigenvalue weighted by Crippen LogP contribution is -2.25. The van der Waals surface area contributed by atoms with E-state index in [0.29, 0.717) is 16.7 Å². The minimum absolute atomic E-state index is 0.0871. The van der Waals surface area contributed by atoms with Crippen LogP contribution in [0.2, 0.25) is 5.02 Å². The second-order valence-corrected chi connectivity index (χ2v) is 9.50. The number of halogens is 1. The summed E-state index contributed by atoms with van der Waals surface area (Å²) in [6.07, 6.45) is 5.77. The number of anilines is 1. The van der Waals surface area contributed by atoms with Crippen molar-refractivity contribution < 1.29 is 9.59 Å². The highest BCUT2D eigenvalue weighted by Gasteiger charge is 2.22. The number of carbonyl (C=O) groups is 2. The van der Waals surface area contributed by atoms with Crippen LogP contribution < -0.4 is 10.6 Å². The number of nitrogens with one attached hydrogen (secondary N) is 2. The van der Waals surface area contributed by atoms with Crippen LogP contribution in [-0.2, 0) is 16.1 Å². The molecule has 9 heteroatoms. The van der Waals surface area contributed by atoms with E-state index in [-0.39, 0.29) is 23.5 Å². The Hall–Kier alpha value is -2.84. The fourth-order valence-electron chi connectivity index (χ4n) is 3.80. The van der Waals surface area contributed by atoms with Crippen LogP contribution in [0, 0.1) is 12.8 Å². The van der Waals surface area contributed by atoms with Crippen molar-refractivity contribution in [2.24, 2.45) is 5.92 Å². The molecule has 1 saturated carbocycles. The lowest BCUT2D eigenvalue weighted by molar-refractivity contribution is -0.120. The first-order chi connectivity index (χ1) is 16.0. The molecule has 1 heterocycles. The number of nitrogens with zero attached hydrogens (tertiary/aromatic N) is 3. The van der Waals surface area contributed by atoms with Gasteiger partial charge in [-0.25, -0.2) is 0 Å². The smallest absolute Gasteiger partial charge is 0.230 e. The highest BCUT2D eigenvalue weighted by Crippen LogP contribution is 2.26. The van der Waals surface area contributed by atoms with Gasteiger partial charge >= 0.3 is 0 Å². The van der Waals surface area contributed by atoms with E-state index in [4.69, 9.17) is 11.6 Å². The summed E-state index contributed by atoms with van der Waals surface area (Å²) in [7, 11) is 0. The summed E-state index contributed by atoms with van der Waals surface area (Å²) in [6, 6.07) is 13.3. The molecule has 2 N–H and O–H groups in total. The summed E-state index contributed by atoms with van der Waals surface area (Å²) in [4.78, 5) is 24.8. The second-order valence-electron chi connectivity index (χ2n) is 8.15. The minimum Gasteiger partial charge on any atom is -0.351 e. The van der Waals surface area contributed by atoms with Gasteiger partial charge in [0.2, 0.25) is 11.8 Å². The number of amides is 2. The van der Waals surface area contributed by atoms with Gasteiger partial charge in [0.15, 0.2) is 5.16 Å². The van der Waals surface area contributed by atoms with Gasteiger partial charge in [0, 0.05) is 23.2 Å². The van der Waals surface area contributed by atoms with Gasteiger partial charge < -0.3 is 10.6 Å². The summed E-state index contributed by atoms with van der Waals surface area (Å²) in [5.74, 6) is 0.292. The Balaban J connectivity index is 1.29. The average molecular weight is 484 g/mol. The molecule has 0 radical (unpaired) electrons. The molecule has 1 fully saturated rings. The molecule has 2 aromatic carbocycles. The van der Waals surface area contributed by atoms with Crippen molar-refractivity contribution in [2.45, 2.75) is 44.3 Å². The lowest BCUT2D eigenvalue weighted by Gasteiger charge is -2.12. The molecule has 1 aliphatic rings. The van der Waals surface area contributed by atoms with Crippen LogP contribution in [0.1, 0.15) is 36.8 Å². The number of aryl methyl sites for hydroxylation is 1. The largest absolute Gasteiger partial charge is 0.351 e. The van der Waals surface area contributed by atoms with Crippen molar-refractivity contribution in [3.63, 3.8) is 0 Å². The van der Waals surface area contributed by atoms with Gasteiger partial charge in [-0.1, -0.05) is 54.4 Å². The standard InChI is InChI=1S/C24H26ClN5O2S/c1-16-9-10-20(12-21(16)25)30-15-27-29-24(30)33-14-22(31)26-13-17-5-4-8-19(11-17)28-23(32)18-6-2-3-7-18/h4-5,8-12,15,18H,2-3,6-7,13-14H2,1H3,(H,26,31)(H,28,32). The summed E-state index contributed by atoms with van der Waals surface area (Å²) in [5, 5.41) is 15.3. The van der Waals surface area contributed by atoms with Crippen LogP contribution in [0.4, 0.5) is 5.69 Å². The maximum Gasteiger partial charge on any atom is 0.230 e. The number of hydrogen-bond donors (Lipinski definition) is 2. The zero-order valence-electron chi connectivity index (χ0n) is 18.4. The van der Waals surface area contributed by atoms with Crippen LogP contribution in [0.15, 0.2) is 53.9 Å². The van der Waals surface area contributed by atoms with Crippen molar-refractivity contribution >= 4 is 40.9 Å². The van der Waals surface area contributed by atoms with Crippen LogP contribution in [-0.4, -0.2) is 32.3 Å². The zero-order chi connectivity index (χ0) is 23.2. The first-order valence-corrected chi connectivity index (χ1v) is 12.3. The van der Waals surface area contributed by atoms with Crippen molar-refractivity contribution in [2.75, 3.05) is 11.1 Å². The van der Waals surface area contributed by atoms with Crippen molar-refractivity contribution in [3.8, 4) is 5.69 Å². The van der Waals surface area contributed by atoms with Gasteiger partial charge in [-0.05, 0) is 55.2 Å². The third-order valence-corrected chi connectivity index (χ3v) is 7.04. The zero-order valence-corrected chi connectivity index (χ0v) is 20.0. The highest BCUT2D eigenvalue weighted by molar-refractivity contribution is 7.99. The molecule has 0 saturated heterocycles. The molecular weight excluding hydrogens is 458 g/mol. The van der Waals surface area contributed by atoms with Gasteiger partial charge in [-0.2, -0.15) is 0 Å². The van der Waals surface area contributed by atoms with Crippen molar-refractivity contribution in [1.29, 1.82) is 0 Å². The molecule has 0 aliphatic heterocycles. The Morgan fingerprint density at radius 1 is 1.18 bits per heavy atom. The van der Waals surface area contributed by atoms with Gasteiger partial charge in [0.05, 0.1) is 11.4 Å². The number of aromatic nitrogens is 3. The molecule has 1 aliphatic carbocycles. The van der Waals surface area contributed by atoms with Gasteiger partial charge in [0.25, 0.3) is 0 Å². The van der Waals surface area contributed by atoms with E-state index in [1.54, 1.807) is 10.9 Å². The third-order valence-electron chi connectivity index (χ3n) is 5.69. The summed E-state index contributed by atoms with van der Waals surface area (Å²) < 4.78 is 1.81. The normalized spacial score (nSPS) is 13.8. The topological polar surface area (TPSA) is 88.9 Å². The number of hydrogen-bond acceptors (Lipinski definition) is 5. The molecule has 172 valence electrons. The average Bonchev–Trinajstić information content (AvgIpc) is 3.51. The summed E-state index contributed by atoms with van der Waals surface area (Å²) in [5.41, 5.74) is 3.52. The Bertz CT molecular complexity index is 1140. The van der Waals surface area contributed by atoms with E-state index in [1.165, 1.54) is 11.8 Å². The molecule has 33 heavy (non-hydrogen) atoms. The van der Waals surface area contributed by atoms with E-state index in [0.717, 1.165) is 48.2 Å². The first kappa shape index (κ1) is 23.3. The monoisotopic (exact) mass is 483 g/mol. The molecule has 2 amide bonds. The maximum atomic E-state index is 12.4. The fourth-order valence-corrected chi connectivity index (χ4v) is 4.74. The first-order valence-electron chi connectivity index (χ1n) is 11.0. The molecule has 0 bridgehead atoms. The molecule has 0 spiro atoms. The number of thioether (sulfide) groups is 1. The molecule has 1 aromatic heterocycles. The third kappa shape index (κ3) is 6.15. The Morgan fingerprint density at radius 3 is 2.79 bits per heavy atom. The van der Waals surface area contributed by atoms with E-state index < -0.39 is 0 Å². The quantitative estimate of drug-likeness (QED) is 0.450. The van der Waals surface area contributed by atoms with E-state index in [9.17, 15) is 9.59 Å². The van der Waals surface area contributed by atoms with Crippen LogP contribution in [0.5, 0.6) is 0 Å². The van der Waals surface area contributed by atoms with Crippen molar-refractivity contribution in [3.05, 3.63) is 64.9 Å². The molecule has 4 rings (SSSR count).